The van der Waals surface area contributed by atoms with Crippen LogP contribution in [0.4, 0.5) is 4.79 Å². The van der Waals surface area contributed by atoms with E-state index in [0.717, 1.165) is 16.6 Å². The van der Waals surface area contributed by atoms with Gasteiger partial charge in [-0.25, -0.2) is 4.79 Å². The van der Waals surface area contributed by atoms with Crippen LogP contribution in [0.15, 0.2) is 18.2 Å². The van der Waals surface area contributed by atoms with Crippen LogP contribution in [0.1, 0.15) is 45.0 Å². The summed E-state index contributed by atoms with van der Waals surface area (Å²) in [6.07, 6.45) is -0.429. The number of nitrogens with zero attached hydrogens (tertiary/aromatic N) is 2. The van der Waals surface area contributed by atoms with Crippen molar-refractivity contribution < 1.29 is 9.53 Å². The van der Waals surface area contributed by atoms with Gasteiger partial charge in [0.25, 0.3) is 0 Å². The molecular formula is C16H23N3O2. The Kier molecular flexibility index (Phi) is 3.94. The van der Waals surface area contributed by atoms with Gasteiger partial charge in [-0.1, -0.05) is 18.2 Å². The second-order valence-electron chi connectivity index (χ2n) is 6.35. The lowest BCUT2D eigenvalue weighted by atomic mass is 10.1. The summed E-state index contributed by atoms with van der Waals surface area (Å²) >= 11 is 0. The molecule has 0 saturated heterocycles. The van der Waals surface area contributed by atoms with Crippen molar-refractivity contribution >= 4 is 17.0 Å². The van der Waals surface area contributed by atoms with Crippen LogP contribution in [-0.4, -0.2) is 21.5 Å². The Morgan fingerprint density at radius 3 is 2.67 bits per heavy atom. The third-order valence-corrected chi connectivity index (χ3v) is 3.24. The van der Waals surface area contributed by atoms with E-state index in [1.807, 2.05) is 51.6 Å². The van der Waals surface area contributed by atoms with Crippen molar-refractivity contribution in [2.24, 2.45) is 7.05 Å². The third kappa shape index (κ3) is 3.35. The molecule has 5 heteroatoms. The number of rotatable bonds is 2. The van der Waals surface area contributed by atoms with Gasteiger partial charge >= 0.3 is 6.09 Å². The van der Waals surface area contributed by atoms with Gasteiger partial charge in [-0.3, -0.25) is 4.68 Å². The van der Waals surface area contributed by atoms with Gasteiger partial charge in [0.2, 0.25) is 0 Å². The van der Waals surface area contributed by atoms with Crippen molar-refractivity contribution in [1.29, 1.82) is 0 Å². The molecule has 114 valence electrons. The highest BCUT2D eigenvalue weighted by Gasteiger charge is 2.21. The Balaban J connectivity index is 2.26. The highest BCUT2D eigenvalue weighted by atomic mass is 16.6. The maximum absolute atomic E-state index is 11.9. The van der Waals surface area contributed by atoms with Crippen molar-refractivity contribution in [3.63, 3.8) is 0 Å². The summed E-state index contributed by atoms with van der Waals surface area (Å²) in [5, 5.41) is 8.44. The number of aryl methyl sites for hydroxylation is 2. The molecule has 0 aliphatic carbocycles. The molecule has 21 heavy (non-hydrogen) atoms. The van der Waals surface area contributed by atoms with Gasteiger partial charge in [-0.15, -0.1) is 0 Å². The highest BCUT2D eigenvalue weighted by molar-refractivity contribution is 5.85. The second-order valence-corrected chi connectivity index (χ2v) is 6.35. The lowest BCUT2D eigenvalue weighted by Crippen LogP contribution is -2.34. The molecule has 1 N–H and O–H groups in total. The van der Waals surface area contributed by atoms with E-state index in [1.165, 1.54) is 5.56 Å². The smallest absolute Gasteiger partial charge is 0.408 e. The fraction of sp³-hybridized carbons (Fsp3) is 0.500. The third-order valence-electron chi connectivity index (χ3n) is 3.24. The number of carbonyl (C=O) groups is 1. The van der Waals surface area contributed by atoms with E-state index in [9.17, 15) is 4.79 Å². The fourth-order valence-corrected chi connectivity index (χ4v) is 2.43. The van der Waals surface area contributed by atoms with E-state index in [2.05, 4.69) is 23.4 Å². The number of aromatic nitrogens is 2. The Labute approximate surface area is 125 Å². The number of hydrogen-bond donors (Lipinski definition) is 1. The number of amides is 1. The number of fused-ring (bicyclic) bond motifs is 1. The summed E-state index contributed by atoms with van der Waals surface area (Å²) in [5.41, 5.74) is 2.60. The Morgan fingerprint density at radius 2 is 2.05 bits per heavy atom. The van der Waals surface area contributed by atoms with Gasteiger partial charge in [0, 0.05) is 12.4 Å². The minimum Gasteiger partial charge on any atom is -0.444 e. The molecule has 2 aromatic rings. The first-order chi connectivity index (χ1) is 9.69. The van der Waals surface area contributed by atoms with Crippen molar-refractivity contribution in [3.8, 4) is 0 Å². The van der Waals surface area contributed by atoms with E-state index in [1.54, 1.807) is 0 Å². The quantitative estimate of drug-likeness (QED) is 0.921. The molecule has 1 amide bonds. The Hall–Kier alpha value is -2.04. The van der Waals surface area contributed by atoms with Gasteiger partial charge in [-0.05, 0) is 40.2 Å². The summed E-state index contributed by atoms with van der Waals surface area (Å²) < 4.78 is 7.14. The molecule has 0 fully saturated rings. The molecule has 1 aromatic carbocycles. The Morgan fingerprint density at radius 1 is 1.38 bits per heavy atom. The summed E-state index contributed by atoms with van der Waals surface area (Å²) in [4.78, 5) is 11.9. The summed E-state index contributed by atoms with van der Waals surface area (Å²) in [6, 6.07) is 5.87. The minimum atomic E-state index is -0.507. The molecular weight excluding hydrogens is 266 g/mol. The first-order valence-corrected chi connectivity index (χ1v) is 7.11. The zero-order chi connectivity index (χ0) is 15.8. The number of alkyl carbamates (subject to hydrolysis) is 1. The van der Waals surface area contributed by atoms with Crippen molar-refractivity contribution in [2.45, 2.75) is 46.3 Å². The maximum Gasteiger partial charge on any atom is 0.408 e. The second kappa shape index (κ2) is 5.39. The average molecular weight is 289 g/mol. The van der Waals surface area contributed by atoms with Gasteiger partial charge in [0.1, 0.15) is 5.60 Å². The lowest BCUT2D eigenvalue weighted by molar-refractivity contribution is 0.0507. The largest absolute Gasteiger partial charge is 0.444 e. The van der Waals surface area contributed by atoms with E-state index in [0.29, 0.717) is 0 Å². The van der Waals surface area contributed by atoms with Gasteiger partial charge in [0.05, 0.1) is 17.3 Å². The fourth-order valence-electron chi connectivity index (χ4n) is 2.43. The minimum absolute atomic E-state index is 0.217. The molecule has 1 heterocycles. The zero-order valence-corrected chi connectivity index (χ0v) is 13.5. The number of ether oxygens (including phenoxy) is 1. The lowest BCUT2D eigenvalue weighted by Gasteiger charge is -2.21. The van der Waals surface area contributed by atoms with Crippen LogP contribution in [0.2, 0.25) is 0 Å². The van der Waals surface area contributed by atoms with E-state index in [-0.39, 0.29) is 6.04 Å². The van der Waals surface area contributed by atoms with E-state index < -0.39 is 11.7 Å². The van der Waals surface area contributed by atoms with Gasteiger partial charge in [-0.2, -0.15) is 5.10 Å². The topological polar surface area (TPSA) is 56.1 Å². The SMILES string of the molecule is Cc1cccc2c(C(C)NC(=O)OC(C)(C)C)nn(C)c12. The molecule has 5 nitrogen and oxygen atoms in total. The molecule has 1 atom stereocenters. The molecule has 1 unspecified atom stereocenters. The van der Waals surface area contributed by atoms with Crippen LogP contribution in [0, 0.1) is 6.92 Å². The van der Waals surface area contributed by atoms with Crippen LogP contribution in [0.5, 0.6) is 0 Å². The standard InChI is InChI=1S/C16H23N3O2/c1-10-8-7-9-12-13(18-19(6)14(10)12)11(2)17-15(20)21-16(3,4)5/h7-9,11H,1-6H3,(H,17,20). The Bertz CT molecular complexity index is 668. The summed E-state index contributed by atoms with van der Waals surface area (Å²) in [7, 11) is 1.92. The van der Waals surface area contributed by atoms with Crippen molar-refractivity contribution in [2.75, 3.05) is 0 Å². The van der Waals surface area contributed by atoms with Gasteiger partial charge < -0.3 is 10.1 Å². The number of nitrogens with one attached hydrogen (secondary N) is 1. The monoisotopic (exact) mass is 289 g/mol. The molecule has 0 spiro atoms. The first-order valence-electron chi connectivity index (χ1n) is 7.11. The van der Waals surface area contributed by atoms with Crippen LogP contribution >= 0.6 is 0 Å². The highest BCUT2D eigenvalue weighted by Crippen LogP contribution is 2.25. The predicted molar refractivity (Wildman–Crippen MR) is 83.2 cm³/mol. The first kappa shape index (κ1) is 15.4. The van der Waals surface area contributed by atoms with Crippen molar-refractivity contribution in [1.82, 2.24) is 15.1 Å². The number of carbonyl (C=O) groups excluding carboxylic acids is 1. The predicted octanol–water partition coefficient (Wildman–Crippen LogP) is 3.47. The van der Waals surface area contributed by atoms with Gasteiger partial charge in [0.15, 0.2) is 0 Å². The molecule has 0 saturated carbocycles. The van der Waals surface area contributed by atoms with E-state index >= 15 is 0 Å². The zero-order valence-electron chi connectivity index (χ0n) is 13.5. The van der Waals surface area contributed by atoms with E-state index in [4.69, 9.17) is 4.74 Å². The summed E-state index contributed by atoms with van der Waals surface area (Å²) in [6.45, 7) is 9.50. The van der Waals surface area contributed by atoms with Crippen LogP contribution in [-0.2, 0) is 11.8 Å². The van der Waals surface area contributed by atoms with Crippen LogP contribution in [0.3, 0.4) is 0 Å². The molecule has 0 aliphatic rings. The van der Waals surface area contributed by atoms with Crippen LogP contribution in [0.25, 0.3) is 10.9 Å². The molecule has 0 radical (unpaired) electrons. The average Bonchev–Trinajstić information content (AvgIpc) is 2.65. The molecule has 2 rings (SSSR count). The maximum atomic E-state index is 11.9. The molecule has 0 aliphatic heterocycles. The number of benzene rings is 1. The van der Waals surface area contributed by atoms with Crippen LogP contribution < -0.4 is 5.32 Å². The number of hydrogen-bond acceptors (Lipinski definition) is 3. The molecule has 1 aromatic heterocycles. The summed E-state index contributed by atoms with van der Waals surface area (Å²) in [5.74, 6) is 0. The van der Waals surface area contributed by atoms with Crippen molar-refractivity contribution in [3.05, 3.63) is 29.5 Å². The molecule has 0 bridgehead atoms. The normalized spacial score (nSPS) is 13.2. The number of para-hydroxylation sites is 1.